The third-order valence-corrected chi connectivity index (χ3v) is 5.46. The Hall–Kier alpha value is -2.31. The number of hydrogen-bond donors (Lipinski definition) is 1. The van der Waals surface area contributed by atoms with Crippen LogP contribution in [0.5, 0.6) is 0 Å². The maximum atomic E-state index is 14.0. The number of halogens is 1. The van der Waals surface area contributed by atoms with Crippen molar-refractivity contribution in [2.75, 3.05) is 31.1 Å². The van der Waals surface area contributed by atoms with E-state index in [9.17, 15) is 14.0 Å². The summed E-state index contributed by atoms with van der Waals surface area (Å²) in [6.07, 6.45) is 2.49. The van der Waals surface area contributed by atoms with Crippen molar-refractivity contribution < 1.29 is 23.8 Å². The molecule has 3 rings (SSSR count). The van der Waals surface area contributed by atoms with Crippen molar-refractivity contribution >= 4 is 17.7 Å². The fourth-order valence-electron chi connectivity index (χ4n) is 3.93. The van der Waals surface area contributed by atoms with E-state index in [-0.39, 0.29) is 17.1 Å². The van der Waals surface area contributed by atoms with Crippen LogP contribution in [-0.4, -0.2) is 53.8 Å². The van der Waals surface area contributed by atoms with Crippen molar-refractivity contribution in [3.63, 3.8) is 0 Å². The lowest BCUT2D eigenvalue weighted by molar-refractivity contribution is 0.0121. The van der Waals surface area contributed by atoms with Gasteiger partial charge in [0.05, 0.1) is 5.56 Å². The number of carboxylic acid groups (broad SMARTS) is 1. The SMILES string of the molecule is CC(C)(C)OC(=O)N1CCC2(CC1)CCN(c1ccc(C(=O)O)c(F)c1)C2. The lowest BCUT2D eigenvalue weighted by atomic mass is 9.78. The van der Waals surface area contributed by atoms with Gasteiger partial charge in [-0.2, -0.15) is 0 Å². The number of carbonyl (C=O) groups is 2. The molecule has 2 aliphatic rings. The smallest absolute Gasteiger partial charge is 0.410 e. The Morgan fingerprint density at radius 3 is 2.33 bits per heavy atom. The summed E-state index contributed by atoms with van der Waals surface area (Å²) in [7, 11) is 0. The van der Waals surface area contributed by atoms with Crippen molar-refractivity contribution in [3.8, 4) is 0 Å². The van der Waals surface area contributed by atoms with Crippen molar-refractivity contribution in [2.45, 2.75) is 45.6 Å². The monoisotopic (exact) mass is 378 g/mol. The zero-order chi connectivity index (χ0) is 19.8. The zero-order valence-electron chi connectivity index (χ0n) is 16.1. The van der Waals surface area contributed by atoms with E-state index >= 15 is 0 Å². The second kappa shape index (κ2) is 7.02. The maximum Gasteiger partial charge on any atom is 0.410 e. The van der Waals surface area contributed by atoms with E-state index in [1.54, 1.807) is 11.0 Å². The van der Waals surface area contributed by atoms with Gasteiger partial charge in [0, 0.05) is 31.9 Å². The van der Waals surface area contributed by atoms with Gasteiger partial charge in [-0.1, -0.05) is 0 Å². The van der Waals surface area contributed by atoms with E-state index in [1.165, 1.54) is 12.1 Å². The summed E-state index contributed by atoms with van der Waals surface area (Å²) in [6.45, 7) is 8.50. The molecule has 1 amide bonds. The fraction of sp³-hybridized carbons (Fsp3) is 0.600. The first-order valence-corrected chi connectivity index (χ1v) is 9.34. The van der Waals surface area contributed by atoms with Crippen LogP contribution in [0, 0.1) is 11.2 Å². The van der Waals surface area contributed by atoms with E-state index in [2.05, 4.69) is 4.90 Å². The van der Waals surface area contributed by atoms with Gasteiger partial charge < -0.3 is 19.6 Å². The summed E-state index contributed by atoms with van der Waals surface area (Å²) in [4.78, 5) is 27.1. The zero-order valence-corrected chi connectivity index (χ0v) is 16.1. The number of anilines is 1. The largest absolute Gasteiger partial charge is 0.478 e. The number of benzene rings is 1. The van der Waals surface area contributed by atoms with Crippen molar-refractivity contribution in [3.05, 3.63) is 29.6 Å². The Bertz CT molecular complexity index is 736. The molecule has 2 aliphatic heterocycles. The normalized spacial score (nSPS) is 19.4. The summed E-state index contributed by atoms with van der Waals surface area (Å²) in [5.74, 6) is -1.97. The van der Waals surface area contributed by atoms with E-state index in [1.807, 2.05) is 20.8 Å². The van der Waals surface area contributed by atoms with Gasteiger partial charge in [-0.05, 0) is 63.6 Å². The van der Waals surface area contributed by atoms with Gasteiger partial charge in [0.1, 0.15) is 11.4 Å². The fourth-order valence-corrected chi connectivity index (χ4v) is 3.93. The van der Waals surface area contributed by atoms with E-state index in [4.69, 9.17) is 9.84 Å². The molecule has 1 aromatic rings. The van der Waals surface area contributed by atoms with Gasteiger partial charge in [0.2, 0.25) is 0 Å². The van der Waals surface area contributed by atoms with Crippen LogP contribution in [0.2, 0.25) is 0 Å². The number of hydrogen-bond acceptors (Lipinski definition) is 4. The minimum Gasteiger partial charge on any atom is -0.478 e. The third-order valence-electron chi connectivity index (χ3n) is 5.46. The highest BCUT2D eigenvalue weighted by Crippen LogP contribution is 2.42. The Morgan fingerprint density at radius 1 is 1.15 bits per heavy atom. The Labute approximate surface area is 158 Å². The molecule has 0 aromatic heterocycles. The van der Waals surface area contributed by atoms with Crippen LogP contribution in [0.4, 0.5) is 14.9 Å². The van der Waals surface area contributed by atoms with Gasteiger partial charge in [-0.15, -0.1) is 0 Å². The molecule has 2 heterocycles. The number of ether oxygens (including phenoxy) is 1. The highest BCUT2D eigenvalue weighted by molar-refractivity contribution is 5.88. The average Bonchev–Trinajstić information content (AvgIpc) is 2.97. The van der Waals surface area contributed by atoms with Gasteiger partial charge in [-0.3, -0.25) is 0 Å². The highest BCUT2D eigenvalue weighted by atomic mass is 19.1. The lowest BCUT2D eigenvalue weighted by Crippen LogP contribution is -2.46. The van der Waals surface area contributed by atoms with E-state index < -0.39 is 17.4 Å². The molecule has 0 saturated carbocycles. The number of piperidine rings is 1. The van der Waals surface area contributed by atoms with Gasteiger partial charge in [0.15, 0.2) is 0 Å². The molecule has 7 heteroatoms. The molecular weight excluding hydrogens is 351 g/mol. The molecule has 27 heavy (non-hydrogen) atoms. The van der Waals surface area contributed by atoms with Crippen LogP contribution in [0.25, 0.3) is 0 Å². The molecule has 0 radical (unpaired) electrons. The van der Waals surface area contributed by atoms with Gasteiger partial charge in [0.25, 0.3) is 0 Å². The van der Waals surface area contributed by atoms with Crippen LogP contribution >= 0.6 is 0 Å². The van der Waals surface area contributed by atoms with Crippen LogP contribution in [0.3, 0.4) is 0 Å². The summed E-state index contributed by atoms with van der Waals surface area (Å²) in [5.41, 5.74) is 0.0190. The highest BCUT2D eigenvalue weighted by Gasteiger charge is 2.42. The average molecular weight is 378 g/mol. The number of likely N-dealkylation sites (tertiary alicyclic amines) is 1. The number of carbonyl (C=O) groups excluding carboxylic acids is 1. The number of amides is 1. The van der Waals surface area contributed by atoms with Crippen LogP contribution in [0.1, 0.15) is 50.4 Å². The summed E-state index contributed by atoms with van der Waals surface area (Å²) < 4.78 is 19.4. The minimum absolute atomic E-state index is 0.112. The molecule has 1 N–H and O–H groups in total. The first kappa shape index (κ1) is 19.5. The summed E-state index contributed by atoms with van der Waals surface area (Å²) >= 11 is 0. The van der Waals surface area contributed by atoms with Crippen LogP contribution < -0.4 is 4.90 Å². The van der Waals surface area contributed by atoms with E-state index in [0.717, 1.165) is 32.4 Å². The predicted molar refractivity (Wildman–Crippen MR) is 99.7 cm³/mol. The molecule has 148 valence electrons. The molecule has 1 aromatic carbocycles. The molecule has 0 bridgehead atoms. The predicted octanol–water partition coefficient (Wildman–Crippen LogP) is 3.75. The number of nitrogens with zero attached hydrogens (tertiary/aromatic N) is 2. The third kappa shape index (κ3) is 4.34. The lowest BCUT2D eigenvalue weighted by Gasteiger charge is -2.39. The van der Waals surface area contributed by atoms with E-state index in [0.29, 0.717) is 18.8 Å². The molecule has 0 aliphatic carbocycles. The molecule has 6 nitrogen and oxygen atoms in total. The molecule has 2 fully saturated rings. The summed E-state index contributed by atoms with van der Waals surface area (Å²) in [6, 6.07) is 4.29. The second-order valence-electron chi connectivity index (χ2n) is 8.61. The van der Waals surface area contributed by atoms with Crippen molar-refractivity contribution in [2.24, 2.45) is 5.41 Å². The Balaban J connectivity index is 1.61. The van der Waals surface area contributed by atoms with Crippen LogP contribution in [-0.2, 0) is 4.74 Å². The van der Waals surface area contributed by atoms with Crippen molar-refractivity contribution in [1.29, 1.82) is 0 Å². The minimum atomic E-state index is -1.26. The maximum absolute atomic E-state index is 14.0. The summed E-state index contributed by atoms with van der Waals surface area (Å²) in [5, 5.41) is 8.96. The van der Waals surface area contributed by atoms with Crippen LogP contribution in [0.15, 0.2) is 18.2 Å². The Kier molecular flexibility index (Phi) is 5.06. The van der Waals surface area contributed by atoms with Crippen molar-refractivity contribution in [1.82, 2.24) is 4.90 Å². The first-order chi connectivity index (χ1) is 12.6. The Morgan fingerprint density at radius 2 is 1.78 bits per heavy atom. The number of aromatic carboxylic acids is 1. The molecule has 1 spiro atoms. The van der Waals surface area contributed by atoms with Gasteiger partial charge in [-0.25, -0.2) is 14.0 Å². The first-order valence-electron chi connectivity index (χ1n) is 9.34. The molecular formula is C20H27FN2O4. The van der Waals surface area contributed by atoms with Gasteiger partial charge >= 0.3 is 12.1 Å². The standard InChI is InChI=1S/C20H27FN2O4/c1-19(2,3)27-18(26)22-9-6-20(7-10-22)8-11-23(13-20)14-4-5-15(17(24)25)16(21)12-14/h4-5,12H,6-11,13H2,1-3H3,(H,24,25). The number of carboxylic acids is 1. The molecule has 0 atom stereocenters. The quantitative estimate of drug-likeness (QED) is 0.849. The number of rotatable bonds is 2. The molecule has 2 saturated heterocycles. The molecule has 0 unspecified atom stereocenters. The second-order valence-corrected chi connectivity index (χ2v) is 8.61. The topological polar surface area (TPSA) is 70.1 Å².